The zero-order valence-corrected chi connectivity index (χ0v) is 12.2. The SMILES string of the molecule is O=c1c(=O)n(C23CC(C2)C3)ccn1Cc1cc(Br)on1. The van der Waals surface area contributed by atoms with Gasteiger partial charge < -0.3 is 13.7 Å². The van der Waals surface area contributed by atoms with Gasteiger partial charge in [-0.25, -0.2) is 0 Å². The van der Waals surface area contributed by atoms with Crippen molar-refractivity contribution in [2.75, 3.05) is 0 Å². The molecule has 3 fully saturated rings. The topological polar surface area (TPSA) is 70.0 Å². The van der Waals surface area contributed by atoms with E-state index in [0.717, 1.165) is 25.2 Å². The Morgan fingerprint density at radius 3 is 2.60 bits per heavy atom. The molecule has 0 unspecified atom stereocenters. The summed E-state index contributed by atoms with van der Waals surface area (Å²) in [5.74, 6) is 0.761. The van der Waals surface area contributed by atoms with Crippen molar-refractivity contribution in [2.45, 2.75) is 31.3 Å². The molecule has 2 aromatic heterocycles. The van der Waals surface area contributed by atoms with Crippen LogP contribution in [-0.4, -0.2) is 14.3 Å². The lowest BCUT2D eigenvalue weighted by atomic mass is 9.49. The van der Waals surface area contributed by atoms with E-state index in [9.17, 15) is 9.59 Å². The fourth-order valence-electron chi connectivity index (χ4n) is 3.27. The van der Waals surface area contributed by atoms with Gasteiger partial charge in [-0.2, -0.15) is 0 Å². The first kappa shape index (κ1) is 12.1. The van der Waals surface area contributed by atoms with E-state index in [2.05, 4.69) is 21.1 Å². The molecule has 0 radical (unpaired) electrons. The molecule has 0 saturated heterocycles. The molecule has 6 nitrogen and oxygen atoms in total. The monoisotopic (exact) mass is 337 g/mol. The first-order chi connectivity index (χ1) is 9.57. The van der Waals surface area contributed by atoms with Crippen molar-refractivity contribution in [3.63, 3.8) is 0 Å². The summed E-state index contributed by atoms with van der Waals surface area (Å²) in [5, 5.41) is 3.80. The maximum absolute atomic E-state index is 12.2. The smallest absolute Gasteiger partial charge is 0.316 e. The fourth-order valence-corrected chi connectivity index (χ4v) is 3.61. The summed E-state index contributed by atoms with van der Waals surface area (Å²) in [6, 6.07) is 1.68. The van der Waals surface area contributed by atoms with Gasteiger partial charge in [0.1, 0.15) is 5.69 Å². The highest BCUT2D eigenvalue weighted by Crippen LogP contribution is 2.61. The van der Waals surface area contributed by atoms with E-state index in [1.54, 1.807) is 23.0 Å². The van der Waals surface area contributed by atoms with Crippen LogP contribution in [0, 0.1) is 5.92 Å². The first-order valence-electron chi connectivity index (χ1n) is 6.51. The maximum Gasteiger partial charge on any atom is 0.316 e. The minimum Gasteiger partial charge on any atom is -0.349 e. The minimum absolute atomic E-state index is 0.0586. The summed E-state index contributed by atoms with van der Waals surface area (Å²) in [4.78, 5) is 24.4. The van der Waals surface area contributed by atoms with Crippen molar-refractivity contribution >= 4 is 15.9 Å². The molecular weight excluding hydrogens is 326 g/mol. The predicted molar refractivity (Wildman–Crippen MR) is 73.6 cm³/mol. The van der Waals surface area contributed by atoms with E-state index in [1.165, 1.54) is 4.57 Å². The molecule has 2 heterocycles. The second kappa shape index (κ2) is 3.94. The number of halogens is 1. The molecule has 2 aromatic rings. The first-order valence-corrected chi connectivity index (χ1v) is 7.30. The largest absolute Gasteiger partial charge is 0.349 e. The lowest BCUT2D eigenvalue weighted by Crippen LogP contribution is -2.64. The summed E-state index contributed by atoms with van der Waals surface area (Å²) in [7, 11) is 0. The van der Waals surface area contributed by atoms with Gasteiger partial charge in [-0.3, -0.25) is 9.59 Å². The van der Waals surface area contributed by atoms with E-state index in [1.807, 2.05) is 0 Å². The third-order valence-electron chi connectivity index (χ3n) is 4.44. The van der Waals surface area contributed by atoms with Gasteiger partial charge >= 0.3 is 11.1 Å². The van der Waals surface area contributed by atoms with Gasteiger partial charge in [0, 0.05) is 24.0 Å². The predicted octanol–water partition coefficient (Wildman–Crippen LogP) is 1.32. The van der Waals surface area contributed by atoms with Crippen LogP contribution < -0.4 is 11.1 Å². The molecule has 0 spiro atoms. The molecule has 3 saturated carbocycles. The summed E-state index contributed by atoms with van der Waals surface area (Å²) < 4.78 is 8.39. The number of aromatic nitrogens is 3. The van der Waals surface area contributed by atoms with Gasteiger partial charge in [0.15, 0.2) is 0 Å². The van der Waals surface area contributed by atoms with Crippen LogP contribution in [0.1, 0.15) is 25.0 Å². The number of hydrogen-bond acceptors (Lipinski definition) is 4. The molecule has 0 amide bonds. The molecule has 5 rings (SSSR count). The molecule has 0 aromatic carbocycles. The van der Waals surface area contributed by atoms with Crippen LogP contribution in [0.4, 0.5) is 0 Å². The standard InChI is InChI=1S/C13H12BrN3O3/c14-10-3-9(15-20-10)7-16-1-2-17(12(19)11(16)18)13-4-8(5-13)6-13/h1-3,8H,4-7H2. The summed E-state index contributed by atoms with van der Waals surface area (Å²) in [5.41, 5.74) is -0.400. The van der Waals surface area contributed by atoms with Gasteiger partial charge in [0.05, 0.1) is 6.54 Å². The Morgan fingerprint density at radius 2 is 2.05 bits per heavy atom. The van der Waals surface area contributed by atoms with Crippen LogP contribution in [0.25, 0.3) is 0 Å². The van der Waals surface area contributed by atoms with Gasteiger partial charge in [-0.15, -0.1) is 0 Å². The van der Waals surface area contributed by atoms with Crippen molar-refractivity contribution in [1.82, 2.24) is 14.3 Å². The van der Waals surface area contributed by atoms with E-state index < -0.39 is 11.1 Å². The quantitative estimate of drug-likeness (QED) is 0.792. The Labute approximate surface area is 122 Å². The van der Waals surface area contributed by atoms with Crippen molar-refractivity contribution in [3.05, 3.63) is 49.5 Å². The third kappa shape index (κ3) is 1.59. The molecular formula is C13H12BrN3O3. The van der Waals surface area contributed by atoms with Gasteiger partial charge in [-0.05, 0) is 41.1 Å². The van der Waals surface area contributed by atoms with Crippen LogP contribution in [0.5, 0.6) is 0 Å². The fraction of sp³-hybridized carbons (Fsp3) is 0.462. The average molecular weight is 338 g/mol. The normalized spacial score (nSPS) is 26.9. The summed E-state index contributed by atoms with van der Waals surface area (Å²) in [6.45, 7) is 0.236. The van der Waals surface area contributed by atoms with Gasteiger partial charge in [-0.1, -0.05) is 5.16 Å². The van der Waals surface area contributed by atoms with Crippen LogP contribution in [0.2, 0.25) is 0 Å². The molecule has 0 N–H and O–H groups in total. The van der Waals surface area contributed by atoms with Crippen molar-refractivity contribution in [3.8, 4) is 0 Å². The highest BCUT2D eigenvalue weighted by Gasteiger charge is 2.58. The van der Waals surface area contributed by atoms with Crippen molar-refractivity contribution < 1.29 is 4.52 Å². The summed E-state index contributed by atoms with van der Waals surface area (Å²) >= 11 is 3.16. The van der Waals surface area contributed by atoms with Crippen LogP contribution in [0.3, 0.4) is 0 Å². The Morgan fingerprint density at radius 1 is 1.30 bits per heavy atom. The lowest BCUT2D eigenvalue weighted by molar-refractivity contribution is -0.0919. The number of nitrogens with zero attached hydrogens (tertiary/aromatic N) is 3. The van der Waals surface area contributed by atoms with Crippen LogP contribution in [-0.2, 0) is 12.1 Å². The van der Waals surface area contributed by atoms with Crippen molar-refractivity contribution in [1.29, 1.82) is 0 Å². The zero-order valence-electron chi connectivity index (χ0n) is 10.6. The number of rotatable bonds is 3. The molecule has 3 aliphatic carbocycles. The molecule has 0 atom stereocenters. The molecule has 104 valence electrons. The average Bonchev–Trinajstić information content (AvgIpc) is 2.70. The van der Waals surface area contributed by atoms with E-state index in [0.29, 0.717) is 10.4 Å². The Kier molecular flexibility index (Phi) is 2.39. The van der Waals surface area contributed by atoms with Gasteiger partial charge in [0.25, 0.3) is 0 Å². The molecule has 3 aliphatic rings. The van der Waals surface area contributed by atoms with Crippen LogP contribution in [0.15, 0.2) is 37.2 Å². The molecule has 2 bridgehead atoms. The molecule has 7 heteroatoms. The lowest BCUT2D eigenvalue weighted by Gasteiger charge is -2.62. The third-order valence-corrected chi connectivity index (χ3v) is 4.81. The van der Waals surface area contributed by atoms with E-state index in [4.69, 9.17) is 4.52 Å². The molecule has 20 heavy (non-hydrogen) atoms. The second-order valence-corrected chi connectivity index (χ2v) is 6.51. The Balaban J connectivity index is 1.70. The zero-order chi connectivity index (χ0) is 13.9. The highest BCUT2D eigenvalue weighted by molar-refractivity contribution is 9.10. The van der Waals surface area contributed by atoms with E-state index >= 15 is 0 Å². The van der Waals surface area contributed by atoms with Crippen LogP contribution >= 0.6 is 15.9 Å². The highest BCUT2D eigenvalue weighted by atomic mass is 79.9. The van der Waals surface area contributed by atoms with Gasteiger partial charge in [0.2, 0.25) is 4.67 Å². The van der Waals surface area contributed by atoms with Crippen molar-refractivity contribution in [2.24, 2.45) is 5.92 Å². The Bertz CT molecular complexity index is 787. The molecule has 0 aliphatic heterocycles. The maximum atomic E-state index is 12.2. The summed E-state index contributed by atoms with van der Waals surface area (Å²) in [6.07, 6.45) is 6.49. The van der Waals surface area contributed by atoms with E-state index in [-0.39, 0.29) is 12.1 Å². The number of hydrogen-bond donors (Lipinski definition) is 0. The second-order valence-electron chi connectivity index (χ2n) is 5.73. The Hall–Kier alpha value is -1.63. The minimum atomic E-state index is -0.503.